The van der Waals surface area contributed by atoms with Gasteiger partial charge >= 0.3 is 14.6 Å². The Morgan fingerprint density at radius 3 is 2.11 bits per heavy atom. The van der Waals surface area contributed by atoms with E-state index in [0.29, 0.717) is 36.1 Å². The number of hydrogen-bond acceptors (Lipinski definition) is 15. The number of H-pyrrole nitrogens is 1. The molecule has 4 fully saturated rings. The van der Waals surface area contributed by atoms with E-state index in [1.807, 2.05) is 9.13 Å². The molecule has 0 saturated heterocycles. The van der Waals surface area contributed by atoms with Crippen LogP contribution in [-0.4, -0.2) is 97.0 Å². The minimum atomic E-state index is -4.94. The van der Waals surface area contributed by atoms with Crippen molar-refractivity contribution >= 4 is 77.6 Å². The van der Waals surface area contributed by atoms with Gasteiger partial charge in [0.15, 0.2) is 39.3 Å². The van der Waals surface area contributed by atoms with E-state index in [1.165, 1.54) is 6.33 Å². The highest BCUT2D eigenvalue weighted by atomic mass is 32.7. The van der Waals surface area contributed by atoms with Crippen LogP contribution in [0.4, 0.5) is 11.8 Å². The number of phosphoric ester groups is 1. The number of phosphoric acid groups is 1. The smallest absolute Gasteiger partial charge is 0.412 e. The Hall–Kier alpha value is -2.54. The third kappa shape index (κ3) is 7.91. The lowest BCUT2D eigenvalue weighted by atomic mass is 10.0. The van der Waals surface area contributed by atoms with E-state index in [-0.39, 0.29) is 57.9 Å². The number of aromatic amines is 1. The molecule has 336 valence electrons. The molecule has 25 heteroatoms. The first-order valence-corrected chi connectivity index (χ1v) is 30.4. The van der Waals surface area contributed by atoms with Crippen molar-refractivity contribution in [3.8, 4) is 0 Å². The van der Waals surface area contributed by atoms with Gasteiger partial charge in [-0.2, -0.15) is 4.98 Å². The summed E-state index contributed by atoms with van der Waals surface area (Å²) >= 11 is 4.59. The van der Waals surface area contributed by atoms with Gasteiger partial charge in [-0.25, -0.2) is 29.1 Å². The molecule has 4 unspecified atom stereocenters. The summed E-state index contributed by atoms with van der Waals surface area (Å²) in [5.74, 6) is -0.185. The normalized spacial score (nSPS) is 31.4. The van der Waals surface area contributed by atoms with E-state index in [4.69, 9.17) is 33.9 Å². The van der Waals surface area contributed by atoms with Gasteiger partial charge in [0.1, 0.15) is 17.9 Å². The Labute approximate surface area is 360 Å². The fraction of sp³-hybridized carbons (Fsp3) is 0.722. The predicted octanol–water partition coefficient (Wildman–Crippen LogP) is 5.97. The molecule has 10 atom stereocenters. The second kappa shape index (κ2) is 14.5. The van der Waals surface area contributed by atoms with Crippen molar-refractivity contribution in [3.63, 3.8) is 0 Å². The Balaban J connectivity index is 1.12. The van der Waals surface area contributed by atoms with Crippen LogP contribution in [0.2, 0.25) is 36.3 Å². The minimum Gasteiger partial charge on any atom is -0.412 e. The van der Waals surface area contributed by atoms with Crippen molar-refractivity contribution in [1.29, 1.82) is 0 Å². The molecule has 0 bridgehead atoms. The van der Waals surface area contributed by atoms with E-state index < -0.39 is 72.5 Å². The summed E-state index contributed by atoms with van der Waals surface area (Å²) in [4.78, 5) is 57.1. The number of imidazole rings is 2. The Kier molecular flexibility index (Phi) is 10.7. The van der Waals surface area contributed by atoms with Crippen molar-refractivity contribution in [3.05, 3.63) is 29.3 Å². The van der Waals surface area contributed by atoms with Crippen molar-refractivity contribution in [1.82, 2.24) is 39.0 Å². The van der Waals surface area contributed by atoms with Gasteiger partial charge in [-0.05, 0) is 67.4 Å². The van der Waals surface area contributed by atoms with Crippen LogP contribution in [0.25, 0.3) is 22.3 Å². The van der Waals surface area contributed by atoms with Crippen LogP contribution in [0.3, 0.4) is 0 Å². The van der Waals surface area contributed by atoms with Gasteiger partial charge in [0.2, 0.25) is 5.95 Å². The van der Waals surface area contributed by atoms with Gasteiger partial charge in [0, 0.05) is 10.8 Å². The number of nitrogen functional groups attached to an aromatic ring is 2. The lowest BCUT2D eigenvalue weighted by molar-refractivity contribution is -0.0145. The first kappa shape index (κ1) is 45.0. The molecule has 7 N–H and O–H groups in total. The zero-order valence-corrected chi connectivity index (χ0v) is 40.8. The number of nitrogens with one attached hydrogen (secondary N) is 1. The average molecular weight is 941 g/mol. The zero-order valence-electron chi connectivity index (χ0n) is 36.1. The lowest BCUT2D eigenvalue weighted by Crippen LogP contribution is -2.50. The molecule has 4 aromatic rings. The van der Waals surface area contributed by atoms with E-state index >= 15 is 0 Å². The predicted molar refractivity (Wildman–Crippen MR) is 236 cm³/mol. The second-order valence-electron chi connectivity index (χ2n) is 20.6. The second-order valence-corrected chi connectivity index (χ2v) is 34.2. The number of aromatic nitrogens is 8. The van der Waals surface area contributed by atoms with Gasteiger partial charge in [-0.3, -0.25) is 18.8 Å². The first-order valence-electron chi connectivity index (χ1n) is 20.4. The number of anilines is 2. The van der Waals surface area contributed by atoms with Crippen LogP contribution in [0.15, 0.2) is 23.8 Å². The molecular formula is C36H58N10O10P2SSi2. The van der Waals surface area contributed by atoms with Crippen molar-refractivity contribution < 1.29 is 41.3 Å². The highest BCUT2D eigenvalue weighted by Gasteiger charge is 2.75. The van der Waals surface area contributed by atoms with Gasteiger partial charge < -0.3 is 43.8 Å². The third-order valence-corrected chi connectivity index (χ3v) is 25.7. The number of rotatable bonds is 14. The van der Waals surface area contributed by atoms with Gasteiger partial charge in [0.25, 0.3) is 5.56 Å². The maximum atomic E-state index is 14.8. The standard InChI is InChI=1S/C36H58N10O10P2SSi2/c1-33(2,3)60(7,8)55-21-13-35(11-19(35)24(21)45-18-42-23-30(45)43-32(38)44-31(23)47)14-53-58(51,59)54-27-26(56-61(9,10)34(4,5)6)25(20-12-36(20,27)15-52-57(48,49)50)46-17-41-22-28(37)39-16-40-29(22)46/h16-21,24-27H,11-15H2,1-10H3,(H,51,59)(H2,37,39,40)(H2,48,49,50)(H3,38,43,44,47)/t19-,20?,21?,24-,25-,26?,27+,35+,36-,58?/m1/s1. The van der Waals surface area contributed by atoms with Crippen LogP contribution in [-0.2, 0) is 31.6 Å². The monoisotopic (exact) mass is 940 g/mol. The minimum absolute atomic E-state index is 0.0107. The molecule has 4 heterocycles. The number of fused-ring (bicyclic) bond motifs is 4. The molecule has 20 nitrogen and oxygen atoms in total. The Morgan fingerprint density at radius 1 is 0.852 bits per heavy atom. The molecular weight excluding hydrogens is 883 g/mol. The van der Waals surface area contributed by atoms with E-state index in [0.717, 1.165) is 0 Å². The van der Waals surface area contributed by atoms with Crippen LogP contribution in [0, 0.1) is 22.7 Å². The summed E-state index contributed by atoms with van der Waals surface area (Å²) in [6, 6.07) is -0.819. The SMILES string of the molecule is CC(C)(C)[Si](C)(C)OC1C[C@]2(COP(=O)(S)O[C@H]3C(O[Si](C)(C)C(C)(C)C)[C@H](n4cnc5c(N)ncnc54)C4C[C@@]43COP(=O)(O)O)C[C@@H]2[C@H]1n1cnc2c(=O)[nH]c(N)nc21. The van der Waals surface area contributed by atoms with Crippen LogP contribution in [0.5, 0.6) is 0 Å². The summed E-state index contributed by atoms with van der Waals surface area (Å²) < 4.78 is 63.1. The Bertz CT molecular complexity index is 2540. The zero-order chi connectivity index (χ0) is 44.7. The Morgan fingerprint density at radius 2 is 1.48 bits per heavy atom. The van der Waals surface area contributed by atoms with Gasteiger partial charge in [-0.1, -0.05) is 53.8 Å². The molecule has 0 aliphatic heterocycles. The van der Waals surface area contributed by atoms with Crippen LogP contribution < -0.4 is 17.0 Å². The molecule has 0 aromatic carbocycles. The van der Waals surface area contributed by atoms with Crippen LogP contribution in [0.1, 0.15) is 72.9 Å². The van der Waals surface area contributed by atoms with E-state index in [1.54, 1.807) is 12.7 Å². The molecule has 8 rings (SSSR count). The summed E-state index contributed by atoms with van der Waals surface area (Å²) in [5.41, 5.74) is 11.6. The number of nitrogens with two attached hydrogens (primary N) is 2. The third-order valence-electron chi connectivity index (χ3n) is 14.7. The van der Waals surface area contributed by atoms with Gasteiger partial charge in [0.05, 0.1) is 50.2 Å². The van der Waals surface area contributed by atoms with E-state index in [9.17, 15) is 23.7 Å². The molecule has 0 amide bonds. The quantitative estimate of drug-likeness (QED) is 0.0483. The van der Waals surface area contributed by atoms with Crippen molar-refractivity contribution in [2.45, 2.75) is 127 Å². The fourth-order valence-electron chi connectivity index (χ4n) is 9.27. The van der Waals surface area contributed by atoms with E-state index in [2.05, 4.69) is 110 Å². The molecule has 4 aromatic heterocycles. The highest BCUT2D eigenvalue weighted by molar-refractivity contribution is 8.44. The van der Waals surface area contributed by atoms with Crippen LogP contribution >= 0.6 is 26.9 Å². The summed E-state index contributed by atoms with van der Waals surface area (Å²) in [6.07, 6.45) is 4.02. The number of hydrogen-bond donors (Lipinski definition) is 6. The topological polar surface area (TPSA) is 280 Å². The molecule has 61 heavy (non-hydrogen) atoms. The summed E-state index contributed by atoms with van der Waals surface area (Å²) in [7, 11) is -9.93. The molecule has 0 spiro atoms. The summed E-state index contributed by atoms with van der Waals surface area (Å²) in [6.45, 7) is 16.7. The molecule has 4 aliphatic rings. The number of thiol groups is 1. The largest absolute Gasteiger partial charge is 0.469 e. The summed E-state index contributed by atoms with van der Waals surface area (Å²) in [5, 5.41) is -0.378. The van der Waals surface area contributed by atoms with Gasteiger partial charge in [-0.15, -0.1) is 0 Å². The van der Waals surface area contributed by atoms with Crippen molar-refractivity contribution in [2.24, 2.45) is 22.7 Å². The number of nitrogens with zero attached hydrogens (tertiary/aromatic N) is 7. The lowest BCUT2D eigenvalue weighted by Gasteiger charge is -2.43. The molecule has 4 aliphatic carbocycles. The first-order chi connectivity index (χ1) is 28.0. The average Bonchev–Trinajstić information content (AvgIpc) is 3.75. The van der Waals surface area contributed by atoms with Crippen molar-refractivity contribution in [2.75, 3.05) is 24.7 Å². The maximum Gasteiger partial charge on any atom is 0.469 e. The maximum absolute atomic E-state index is 14.8. The highest BCUT2D eigenvalue weighted by Crippen LogP contribution is 2.75. The molecule has 4 saturated carbocycles. The molecule has 0 radical (unpaired) electrons. The fourth-order valence-corrected chi connectivity index (χ4v) is 13.9.